The summed E-state index contributed by atoms with van der Waals surface area (Å²) < 4.78 is 6.19. The van der Waals surface area contributed by atoms with Gasteiger partial charge >= 0.3 is 0 Å². The van der Waals surface area contributed by atoms with Gasteiger partial charge < -0.3 is 14.7 Å². The van der Waals surface area contributed by atoms with Crippen LogP contribution in [0, 0.1) is 17.8 Å². The molecule has 4 heteroatoms. The van der Waals surface area contributed by atoms with E-state index in [1.54, 1.807) is 0 Å². The highest BCUT2D eigenvalue weighted by molar-refractivity contribution is 4.82. The highest BCUT2D eigenvalue weighted by Gasteiger charge is 2.31. The maximum Gasteiger partial charge on any atom is 0.0900 e. The minimum Gasteiger partial charge on any atom is -0.389 e. The van der Waals surface area contributed by atoms with Crippen LogP contribution in [0.2, 0.25) is 0 Å². The first kappa shape index (κ1) is 19.2. The number of ether oxygens (including phenoxy) is 1. The van der Waals surface area contributed by atoms with Crippen molar-refractivity contribution in [1.82, 2.24) is 9.80 Å². The van der Waals surface area contributed by atoms with Gasteiger partial charge in [0.15, 0.2) is 0 Å². The number of aliphatic hydroxyl groups is 1. The molecule has 4 atom stereocenters. The molecule has 2 fully saturated rings. The number of β-amino-alcohol motifs (C(OH)–C–C–N with tert-alkyl or cyclic N) is 1. The molecule has 1 aliphatic carbocycles. The first-order chi connectivity index (χ1) is 11.0. The van der Waals surface area contributed by atoms with Gasteiger partial charge in [0.1, 0.15) is 0 Å². The topological polar surface area (TPSA) is 35.9 Å². The maximum absolute atomic E-state index is 10.4. The molecule has 1 saturated heterocycles. The zero-order valence-electron chi connectivity index (χ0n) is 15.7. The van der Waals surface area contributed by atoms with Crippen LogP contribution in [0.15, 0.2) is 0 Å². The number of rotatable bonds is 7. The van der Waals surface area contributed by atoms with Gasteiger partial charge in [0.25, 0.3) is 0 Å². The van der Waals surface area contributed by atoms with E-state index in [9.17, 15) is 5.11 Å². The second-order valence-corrected chi connectivity index (χ2v) is 8.09. The average molecular weight is 327 g/mol. The number of nitrogens with zero attached hydrogens (tertiary/aromatic N) is 2. The van der Waals surface area contributed by atoms with E-state index in [0.717, 1.165) is 51.6 Å². The molecule has 0 aromatic carbocycles. The Labute approximate surface area is 143 Å². The van der Waals surface area contributed by atoms with Crippen molar-refractivity contribution in [3.63, 3.8) is 0 Å². The molecular formula is C19H38N2O2. The van der Waals surface area contributed by atoms with Crippen LogP contribution < -0.4 is 0 Å². The highest BCUT2D eigenvalue weighted by Crippen LogP contribution is 2.35. The first-order valence-electron chi connectivity index (χ1n) is 9.74. The van der Waals surface area contributed by atoms with Crippen LogP contribution in [0.1, 0.15) is 47.0 Å². The molecule has 0 unspecified atom stereocenters. The monoisotopic (exact) mass is 326 g/mol. The smallest absolute Gasteiger partial charge is 0.0900 e. The Bertz CT molecular complexity index is 329. The van der Waals surface area contributed by atoms with Crippen molar-refractivity contribution >= 4 is 0 Å². The van der Waals surface area contributed by atoms with Crippen molar-refractivity contribution in [2.45, 2.75) is 59.2 Å². The van der Waals surface area contributed by atoms with E-state index < -0.39 is 0 Å². The van der Waals surface area contributed by atoms with Gasteiger partial charge in [0.05, 0.1) is 18.8 Å². The zero-order valence-corrected chi connectivity index (χ0v) is 15.7. The number of hydrogen-bond donors (Lipinski definition) is 1. The summed E-state index contributed by atoms with van der Waals surface area (Å²) in [7, 11) is 0. The van der Waals surface area contributed by atoms with Crippen molar-refractivity contribution in [2.75, 3.05) is 45.9 Å². The van der Waals surface area contributed by atoms with E-state index in [0.29, 0.717) is 24.5 Å². The molecule has 0 spiro atoms. The van der Waals surface area contributed by atoms with Gasteiger partial charge in [-0.3, -0.25) is 4.90 Å². The Morgan fingerprint density at radius 3 is 2.35 bits per heavy atom. The molecule has 0 aromatic heterocycles. The fourth-order valence-corrected chi connectivity index (χ4v) is 4.18. The summed E-state index contributed by atoms with van der Waals surface area (Å²) in [4.78, 5) is 4.85. The summed E-state index contributed by atoms with van der Waals surface area (Å²) in [5, 5.41) is 10.4. The number of hydrogen-bond acceptors (Lipinski definition) is 4. The highest BCUT2D eigenvalue weighted by atomic mass is 16.5. The van der Waals surface area contributed by atoms with E-state index in [4.69, 9.17) is 4.74 Å². The lowest BCUT2D eigenvalue weighted by atomic mass is 9.75. The summed E-state index contributed by atoms with van der Waals surface area (Å²) in [6, 6.07) is 0. The van der Waals surface area contributed by atoms with E-state index in [-0.39, 0.29) is 6.10 Å². The van der Waals surface area contributed by atoms with E-state index in [1.807, 2.05) is 0 Å². The van der Waals surface area contributed by atoms with Crippen LogP contribution in [-0.2, 0) is 4.74 Å². The van der Waals surface area contributed by atoms with Gasteiger partial charge in [-0.05, 0) is 37.1 Å². The Hall–Kier alpha value is -0.160. The van der Waals surface area contributed by atoms with E-state index in [1.165, 1.54) is 12.8 Å². The molecule has 1 heterocycles. The van der Waals surface area contributed by atoms with Crippen LogP contribution in [0.3, 0.4) is 0 Å². The Morgan fingerprint density at radius 2 is 1.74 bits per heavy atom. The Morgan fingerprint density at radius 1 is 1.09 bits per heavy atom. The van der Waals surface area contributed by atoms with Gasteiger partial charge in [-0.2, -0.15) is 0 Å². The molecule has 0 radical (unpaired) electrons. The third kappa shape index (κ3) is 6.00. The lowest BCUT2D eigenvalue weighted by Crippen LogP contribution is -2.49. The number of piperazine rings is 1. The predicted molar refractivity (Wildman–Crippen MR) is 95.6 cm³/mol. The molecule has 4 nitrogen and oxygen atoms in total. The standard InChI is InChI=1S/C19H38N2O2/c1-5-20-8-10-21(11-9-20)13-17(22)14-23-19-12-16(4)6-7-18(19)15(2)3/h15-19,22H,5-14H2,1-4H3/t16-,17-,18-,19+/m0/s1. The Kier molecular flexibility index (Phi) is 7.80. The summed E-state index contributed by atoms with van der Waals surface area (Å²) in [6.07, 6.45) is 3.74. The number of likely N-dealkylation sites (N-methyl/N-ethyl adjacent to an activating group) is 1. The average Bonchev–Trinajstić information content (AvgIpc) is 2.53. The lowest BCUT2D eigenvalue weighted by Gasteiger charge is -2.38. The zero-order chi connectivity index (χ0) is 16.8. The van der Waals surface area contributed by atoms with Gasteiger partial charge in [-0.1, -0.05) is 34.1 Å². The normalized spacial score (nSPS) is 32.3. The minimum atomic E-state index is -0.353. The molecule has 0 aromatic rings. The molecule has 23 heavy (non-hydrogen) atoms. The molecule has 1 saturated carbocycles. The van der Waals surface area contributed by atoms with Crippen LogP contribution in [0.25, 0.3) is 0 Å². The summed E-state index contributed by atoms with van der Waals surface area (Å²) in [6.45, 7) is 15.9. The van der Waals surface area contributed by atoms with E-state index >= 15 is 0 Å². The van der Waals surface area contributed by atoms with Crippen LogP contribution in [-0.4, -0.2) is 73.0 Å². The fourth-order valence-electron chi connectivity index (χ4n) is 4.18. The largest absolute Gasteiger partial charge is 0.389 e. The molecule has 0 bridgehead atoms. The maximum atomic E-state index is 10.4. The lowest BCUT2D eigenvalue weighted by molar-refractivity contribution is -0.0753. The van der Waals surface area contributed by atoms with Crippen molar-refractivity contribution < 1.29 is 9.84 Å². The van der Waals surface area contributed by atoms with Crippen molar-refractivity contribution in [2.24, 2.45) is 17.8 Å². The molecule has 1 N–H and O–H groups in total. The van der Waals surface area contributed by atoms with Crippen molar-refractivity contribution in [3.8, 4) is 0 Å². The molecule has 1 aliphatic heterocycles. The van der Waals surface area contributed by atoms with Crippen molar-refractivity contribution in [3.05, 3.63) is 0 Å². The summed E-state index contributed by atoms with van der Waals surface area (Å²) in [5.74, 6) is 2.09. The first-order valence-corrected chi connectivity index (χ1v) is 9.74. The number of aliphatic hydroxyl groups excluding tert-OH is 1. The second-order valence-electron chi connectivity index (χ2n) is 8.09. The van der Waals surface area contributed by atoms with Gasteiger partial charge in [0, 0.05) is 32.7 Å². The summed E-state index contributed by atoms with van der Waals surface area (Å²) in [5.41, 5.74) is 0. The Balaban J connectivity index is 1.71. The third-order valence-electron chi connectivity index (χ3n) is 5.85. The van der Waals surface area contributed by atoms with Crippen LogP contribution >= 0.6 is 0 Å². The second kappa shape index (κ2) is 9.36. The van der Waals surface area contributed by atoms with Crippen LogP contribution in [0.5, 0.6) is 0 Å². The fraction of sp³-hybridized carbons (Fsp3) is 1.00. The van der Waals surface area contributed by atoms with Gasteiger partial charge in [-0.15, -0.1) is 0 Å². The van der Waals surface area contributed by atoms with Crippen LogP contribution in [0.4, 0.5) is 0 Å². The molecule has 136 valence electrons. The third-order valence-corrected chi connectivity index (χ3v) is 5.85. The molecular weight excluding hydrogens is 288 g/mol. The molecule has 0 amide bonds. The molecule has 2 aliphatic rings. The van der Waals surface area contributed by atoms with E-state index in [2.05, 4.69) is 37.5 Å². The molecule has 2 rings (SSSR count). The van der Waals surface area contributed by atoms with Crippen molar-refractivity contribution in [1.29, 1.82) is 0 Å². The SMILES string of the molecule is CCN1CCN(C[C@H](O)CO[C@@H]2C[C@@H](C)CC[C@H]2C(C)C)CC1. The van der Waals surface area contributed by atoms with Gasteiger partial charge in [0.2, 0.25) is 0 Å². The summed E-state index contributed by atoms with van der Waals surface area (Å²) >= 11 is 0. The minimum absolute atomic E-state index is 0.338. The van der Waals surface area contributed by atoms with Gasteiger partial charge in [-0.25, -0.2) is 0 Å². The quantitative estimate of drug-likeness (QED) is 0.780. The predicted octanol–water partition coefficient (Wildman–Crippen LogP) is 2.46.